The number of anilines is 1. The van der Waals surface area contributed by atoms with E-state index in [2.05, 4.69) is 37.4 Å². The lowest BCUT2D eigenvalue weighted by molar-refractivity contribution is -0.119. The quantitative estimate of drug-likeness (QED) is 0.373. The summed E-state index contributed by atoms with van der Waals surface area (Å²) in [5, 5.41) is 3.32. The zero-order chi connectivity index (χ0) is 25.4. The lowest BCUT2D eigenvalue weighted by Gasteiger charge is -2.26. The van der Waals surface area contributed by atoms with Gasteiger partial charge in [-0.15, -0.1) is 0 Å². The first kappa shape index (κ1) is 26.6. The van der Waals surface area contributed by atoms with E-state index >= 15 is 0 Å². The molecule has 35 heavy (non-hydrogen) atoms. The molecule has 1 N–H and O–H groups in total. The highest BCUT2D eigenvalue weighted by atomic mass is 35.5. The van der Waals surface area contributed by atoms with Crippen LogP contribution in [0, 0.1) is 0 Å². The summed E-state index contributed by atoms with van der Waals surface area (Å²) < 4.78 is 34.0. The van der Waals surface area contributed by atoms with E-state index in [1.54, 1.807) is 24.3 Å². The van der Waals surface area contributed by atoms with E-state index in [0.29, 0.717) is 29.6 Å². The average Bonchev–Trinajstić information content (AvgIpc) is 2.86. The maximum absolute atomic E-state index is 13.6. The largest absolute Gasteiger partial charge is 0.492 e. The highest BCUT2D eigenvalue weighted by molar-refractivity contribution is 7.92. The van der Waals surface area contributed by atoms with Gasteiger partial charge in [-0.1, -0.05) is 55.8 Å². The van der Waals surface area contributed by atoms with Gasteiger partial charge in [0.1, 0.15) is 12.3 Å². The summed E-state index contributed by atoms with van der Waals surface area (Å²) in [7, 11) is -4.08. The third kappa shape index (κ3) is 6.55. The number of benzene rings is 3. The molecule has 6 nitrogen and oxygen atoms in total. The fraction of sp³-hybridized carbons (Fsp3) is 0.296. The van der Waals surface area contributed by atoms with Gasteiger partial charge in [-0.25, -0.2) is 8.42 Å². The molecule has 0 aliphatic rings. The van der Waals surface area contributed by atoms with Crippen molar-refractivity contribution in [2.45, 2.75) is 45.1 Å². The highest BCUT2D eigenvalue weighted by Gasteiger charge is 2.29. The number of halogens is 1. The molecule has 186 valence electrons. The third-order valence-electron chi connectivity index (χ3n) is 5.66. The van der Waals surface area contributed by atoms with Gasteiger partial charge in [0.05, 0.1) is 17.2 Å². The van der Waals surface area contributed by atoms with E-state index in [1.165, 1.54) is 29.8 Å². The Morgan fingerprint density at radius 3 is 2.31 bits per heavy atom. The summed E-state index contributed by atoms with van der Waals surface area (Å²) in [6.45, 7) is 6.24. The topological polar surface area (TPSA) is 75.7 Å². The number of para-hydroxylation sites is 2. The second-order valence-electron chi connectivity index (χ2n) is 7.95. The molecule has 3 aromatic carbocycles. The van der Waals surface area contributed by atoms with Crippen LogP contribution in [0.15, 0.2) is 71.6 Å². The summed E-state index contributed by atoms with van der Waals surface area (Å²) in [6.07, 6.45) is 1.74. The Hall–Kier alpha value is -3.03. The number of hydrogen-bond acceptors (Lipinski definition) is 4. The van der Waals surface area contributed by atoms with E-state index in [1.807, 2.05) is 6.92 Å². The number of sulfonamides is 1. The predicted molar refractivity (Wildman–Crippen MR) is 141 cm³/mol. The summed E-state index contributed by atoms with van der Waals surface area (Å²) in [6, 6.07) is 18.9. The number of aryl methyl sites for hydroxylation is 2. The Labute approximate surface area is 212 Å². The van der Waals surface area contributed by atoms with E-state index in [-0.39, 0.29) is 4.90 Å². The predicted octanol–water partition coefficient (Wildman–Crippen LogP) is 5.38. The van der Waals surface area contributed by atoms with Gasteiger partial charge in [-0.3, -0.25) is 9.10 Å². The summed E-state index contributed by atoms with van der Waals surface area (Å²) in [4.78, 5) is 13.1. The molecule has 0 radical (unpaired) electrons. The molecule has 1 amide bonds. The standard InChI is InChI=1S/C27H31ClN2O4S/c1-4-20-11-12-21(5-2)22(17-20)18-29-27(31)19-30(25-9-7-8-10-26(25)34-6-3)35(32,33)24-15-13-23(28)14-16-24/h7-17H,4-6,18-19H2,1-3H3,(H,29,31). The molecule has 0 aliphatic carbocycles. The van der Waals surface area contributed by atoms with Crippen LogP contribution in [0.2, 0.25) is 5.02 Å². The van der Waals surface area contributed by atoms with Gasteiger partial charge in [0.15, 0.2) is 0 Å². The monoisotopic (exact) mass is 514 g/mol. The fourth-order valence-electron chi connectivity index (χ4n) is 3.76. The van der Waals surface area contributed by atoms with Crippen LogP contribution in [0.4, 0.5) is 5.69 Å². The first-order chi connectivity index (χ1) is 16.8. The normalized spacial score (nSPS) is 11.2. The molecule has 0 saturated heterocycles. The number of rotatable bonds is 11. The van der Waals surface area contributed by atoms with Crippen LogP contribution in [0.25, 0.3) is 0 Å². The fourth-order valence-corrected chi connectivity index (χ4v) is 5.32. The van der Waals surface area contributed by atoms with Crippen LogP contribution >= 0.6 is 11.6 Å². The summed E-state index contributed by atoms with van der Waals surface area (Å²) >= 11 is 5.96. The average molecular weight is 515 g/mol. The molecule has 0 heterocycles. The molecule has 0 bridgehead atoms. The highest BCUT2D eigenvalue weighted by Crippen LogP contribution is 2.32. The molecular formula is C27H31ClN2O4S. The van der Waals surface area contributed by atoms with E-state index in [0.717, 1.165) is 28.3 Å². The Morgan fingerprint density at radius 2 is 1.66 bits per heavy atom. The van der Waals surface area contributed by atoms with Crippen molar-refractivity contribution in [1.29, 1.82) is 0 Å². The van der Waals surface area contributed by atoms with Crippen molar-refractivity contribution in [2.75, 3.05) is 17.5 Å². The van der Waals surface area contributed by atoms with Gasteiger partial charge >= 0.3 is 0 Å². The number of amides is 1. The minimum absolute atomic E-state index is 0.0323. The van der Waals surface area contributed by atoms with Crippen LogP contribution in [0.5, 0.6) is 5.75 Å². The smallest absolute Gasteiger partial charge is 0.264 e. The van der Waals surface area contributed by atoms with Crippen molar-refractivity contribution in [1.82, 2.24) is 5.32 Å². The van der Waals surface area contributed by atoms with E-state index in [4.69, 9.17) is 16.3 Å². The number of ether oxygens (including phenoxy) is 1. The van der Waals surface area contributed by atoms with Crippen molar-refractivity contribution >= 4 is 33.2 Å². The lowest BCUT2D eigenvalue weighted by Crippen LogP contribution is -2.41. The number of carbonyl (C=O) groups excluding carboxylic acids is 1. The van der Waals surface area contributed by atoms with Gasteiger partial charge in [0.2, 0.25) is 5.91 Å². The second kappa shape index (κ2) is 12.1. The summed E-state index contributed by atoms with van der Waals surface area (Å²) in [5.41, 5.74) is 3.66. The van der Waals surface area contributed by atoms with Gasteiger partial charge in [-0.05, 0) is 72.9 Å². The van der Waals surface area contributed by atoms with E-state index < -0.39 is 22.5 Å². The van der Waals surface area contributed by atoms with Crippen LogP contribution < -0.4 is 14.4 Å². The minimum Gasteiger partial charge on any atom is -0.492 e. The first-order valence-electron chi connectivity index (χ1n) is 11.7. The Kier molecular flexibility index (Phi) is 9.18. The Morgan fingerprint density at radius 1 is 0.943 bits per heavy atom. The molecule has 0 unspecified atom stereocenters. The van der Waals surface area contributed by atoms with Crippen molar-refractivity contribution < 1.29 is 17.9 Å². The SMILES string of the molecule is CCOc1ccccc1N(CC(=O)NCc1cc(CC)ccc1CC)S(=O)(=O)c1ccc(Cl)cc1. The third-order valence-corrected chi connectivity index (χ3v) is 7.68. The molecule has 0 fully saturated rings. The molecule has 3 aromatic rings. The lowest BCUT2D eigenvalue weighted by atomic mass is 10.0. The maximum Gasteiger partial charge on any atom is 0.264 e. The van der Waals surface area contributed by atoms with Crippen LogP contribution in [0.1, 0.15) is 37.5 Å². The summed E-state index contributed by atoms with van der Waals surface area (Å²) in [5.74, 6) is -0.0398. The first-order valence-corrected chi connectivity index (χ1v) is 13.5. The zero-order valence-electron chi connectivity index (χ0n) is 20.3. The Balaban J connectivity index is 1.92. The molecular weight excluding hydrogens is 484 g/mol. The van der Waals surface area contributed by atoms with E-state index in [9.17, 15) is 13.2 Å². The van der Waals surface area contributed by atoms with Crippen molar-refractivity contribution in [3.63, 3.8) is 0 Å². The zero-order valence-corrected chi connectivity index (χ0v) is 21.8. The van der Waals surface area contributed by atoms with Crippen molar-refractivity contribution in [3.05, 3.63) is 88.4 Å². The Bertz CT molecular complexity index is 1260. The van der Waals surface area contributed by atoms with Crippen LogP contribution in [-0.2, 0) is 34.2 Å². The molecule has 0 atom stereocenters. The minimum atomic E-state index is -4.08. The number of nitrogens with one attached hydrogen (secondary N) is 1. The maximum atomic E-state index is 13.6. The van der Waals surface area contributed by atoms with Crippen LogP contribution in [0.3, 0.4) is 0 Å². The molecule has 0 spiro atoms. The van der Waals surface area contributed by atoms with Gasteiger partial charge in [0, 0.05) is 11.6 Å². The molecule has 3 rings (SSSR count). The number of hydrogen-bond donors (Lipinski definition) is 1. The van der Waals surface area contributed by atoms with Gasteiger partial charge < -0.3 is 10.1 Å². The molecule has 8 heteroatoms. The number of nitrogens with zero attached hydrogens (tertiary/aromatic N) is 1. The van der Waals surface area contributed by atoms with Crippen molar-refractivity contribution in [2.24, 2.45) is 0 Å². The van der Waals surface area contributed by atoms with Gasteiger partial charge in [0.25, 0.3) is 10.0 Å². The number of carbonyl (C=O) groups is 1. The van der Waals surface area contributed by atoms with Crippen LogP contribution in [-0.4, -0.2) is 27.5 Å². The van der Waals surface area contributed by atoms with Crippen molar-refractivity contribution in [3.8, 4) is 5.75 Å². The molecule has 0 aromatic heterocycles. The molecule has 0 saturated carbocycles. The van der Waals surface area contributed by atoms with Gasteiger partial charge in [-0.2, -0.15) is 0 Å². The second-order valence-corrected chi connectivity index (χ2v) is 10.3. The molecule has 0 aliphatic heterocycles.